The molecule has 0 spiro atoms. The monoisotopic (exact) mass is 285 g/mol. The van der Waals surface area contributed by atoms with Crippen LogP contribution in [0.1, 0.15) is 16.7 Å². The van der Waals surface area contributed by atoms with Crippen molar-refractivity contribution in [3.05, 3.63) is 35.2 Å². The largest absolute Gasteiger partial charge is 0.489 e. The summed E-state index contributed by atoms with van der Waals surface area (Å²) in [7, 11) is 1.48. The first-order chi connectivity index (χ1) is 10.1. The molecule has 0 aliphatic heterocycles. The number of nitrogen functional groups attached to an aromatic ring is 1. The molecule has 2 aromatic rings. The van der Waals surface area contributed by atoms with Crippen molar-refractivity contribution in [3.63, 3.8) is 0 Å². The van der Waals surface area contributed by atoms with Crippen molar-refractivity contribution in [3.8, 4) is 23.4 Å². The molecule has 1 aromatic heterocycles. The van der Waals surface area contributed by atoms with Gasteiger partial charge in [-0.3, -0.25) is 0 Å². The zero-order valence-corrected chi connectivity index (χ0v) is 12.0. The van der Waals surface area contributed by atoms with Crippen molar-refractivity contribution in [1.82, 2.24) is 9.97 Å². The molecule has 0 amide bonds. The van der Waals surface area contributed by atoms with Gasteiger partial charge in [-0.2, -0.15) is 10.2 Å². The van der Waals surface area contributed by atoms with Crippen molar-refractivity contribution in [2.75, 3.05) is 12.5 Å². The number of ether oxygens (including phenoxy) is 2. The quantitative estimate of drug-likeness (QED) is 0.654. The fraction of sp³-hybridized carbons (Fsp3) is 0.214. The highest BCUT2D eigenvalue weighted by Crippen LogP contribution is 2.36. The second-order valence-electron chi connectivity index (χ2n) is 4.36. The molecule has 0 saturated heterocycles. The normalized spacial score (nSPS) is 9.86. The highest BCUT2D eigenvalue weighted by atomic mass is 16.5. The van der Waals surface area contributed by atoms with Crippen LogP contribution in [0, 0.1) is 25.2 Å². The fourth-order valence-electron chi connectivity index (χ4n) is 1.99. The molecule has 7 heteroatoms. The molecule has 0 aliphatic carbocycles. The molecule has 0 fully saturated rings. The number of hydrazine groups is 1. The molecule has 0 aliphatic rings. The van der Waals surface area contributed by atoms with Gasteiger partial charge >= 0.3 is 0 Å². The maximum absolute atomic E-state index is 8.96. The van der Waals surface area contributed by atoms with E-state index in [0.717, 1.165) is 11.1 Å². The Balaban J connectivity index is 2.46. The van der Waals surface area contributed by atoms with E-state index >= 15 is 0 Å². The maximum atomic E-state index is 8.96. The van der Waals surface area contributed by atoms with Crippen molar-refractivity contribution in [2.45, 2.75) is 13.8 Å². The number of aromatic nitrogens is 2. The molecule has 0 saturated carbocycles. The second kappa shape index (κ2) is 6.07. The third kappa shape index (κ3) is 2.85. The van der Waals surface area contributed by atoms with E-state index in [4.69, 9.17) is 20.6 Å². The maximum Gasteiger partial charge on any atom is 0.268 e. The molecule has 7 nitrogen and oxygen atoms in total. The number of nitrogens with one attached hydrogen (secondary N) is 1. The zero-order valence-electron chi connectivity index (χ0n) is 12.0. The van der Waals surface area contributed by atoms with Gasteiger partial charge < -0.3 is 14.9 Å². The number of hydrogen-bond acceptors (Lipinski definition) is 7. The van der Waals surface area contributed by atoms with Crippen LogP contribution in [0.3, 0.4) is 0 Å². The van der Waals surface area contributed by atoms with Crippen LogP contribution in [-0.2, 0) is 0 Å². The molecule has 0 radical (unpaired) electrons. The topological polar surface area (TPSA) is 106 Å². The van der Waals surface area contributed by atoms with Gasteiger partial charge in [-0.25, -0.2) is 10.8 Å². The van der Waals surface area contributed by atoms with E-state index in [9.17, 15) is 0 Å². The van der Waals surface area contributed by atoms with E-state index in [-0.39, 0.29) is 5.88 Å². The lowest BCUT2D eigenvalue weighted by Gasteiger charge is -2.14. The van der Waals surface area contributed by atoms with Crippen LogP contribution in [0.15, 0.2) is 18.5 Å². The van der Waals surface area contributed by atoms with Crippen LogP contribution >= 0.6 is 0 Å². The third-order valence-corrected chi connectivity index (χ3v) is 2.90. The Kier molecular flexibility index (Phi) is 4.21. The summed E-state index contributed by atoms with van der Waals surface area (Å²) in [4.78, 5) is 8.01. The number of hydrogen-bond donors (Lipinski definition) is 2. The Morgan fingerprint density at radius 3 is 2.38 bits per heavy atom. The van der Waals surface area contributed by atoms with Crippen molar-refractivity contribution >= 4 is 5.82 Å². The van der Waals surface area contributed by atoms with E-state index in [1.807, 2.05) is 13.8 Å². The minimum absolute atomic E-state index is 0.247. The van der Waals surface area contributed by atoms with E-state index in [0.29, 0.717) is 22.9 Å². The van der Waals surface area contributed by atoms with Gasteiger partial charge in [0.1, 0.15) is 12.1 Å². The van der Waals surface area contributed by atoms with Crippen LogP contribution in [0.4, 0.5) is 5.82 Å². The lowest BCUT2D eigenvalue weighted by Crippen LogP contribution is -2.11. The van der Waals surface area contributed by atoms with Gasteiger partial charge in [-0.1, -0.05) is 0 Å². The van der Waals surface area contributed by atoms with E-state index in [1.54, 1.807) is 12.1 Å². The van der Waals surface area contributed by atoms with Gasteiger partial charge in [0.25, 0.3) is 5.88 Å². The molecule has 21 heavy (non-hydrogen) atoms. The number of nitriles is 1. The van der Waals surface area contributed by atoms with Gasteiger partial charge in [0.2, 0.25) is 5.75 Å². The van der Waals surface area contributed by atoms with Crippen molar-refractivity contribution in [1.29, 1.82) is 5.26 Å². The fourth-order valence-corrected chi connectivity index (χ4v) is 1.99. The molecule has 3 N–H and O–H groups in total. The molecular weight excluding hydrogens is 270 g/mol. The predicted octanol–water partition coefficient (Wildman–Crippen LogP) is 2.05. The van der Waals surface area contributed by atoms with Crippen LogP contribution < -0.4 is 20.7 Å². The number of nitrogens with two attached hydrogens (primary N) is 1. The second-order valence-corrected chi connectivity index (χ2v) is 4.36. The van der Waals surface area contributed by atoms with Gasteiger partial charge in [0.05, 0.1) is 18.7 Å². The molecule has 0 bridgehead atoms. The average Bonchev–Trinajstić information content (AvgIpc) is 2.50. The number of rotatable bonds is 4. The number of nitrogens with zero attached hydrogens (tertiary/aromatic N) is 3. The summed E-state index contributed by atoms with van der Waals surface area (Å²) in [5, 5.41) is 8.96. The van der Waals surface area contributed by atoms with E-state index in [2.05, 4.69) is 21.5 Å². The highest BCUT2D eigenvalue weighted by Gasteiger charge is 2.16. The molecule has 1 aromatic carbocycles. The standard InChI is InChI=1S/C14H15N5O2/c1-8-4-10(6-15)5-9(2)11(8)21-14-12(20-3)13(19-16)17-7-18-14/h4-5,7H,16H2,1-3H3,(H,17,18,19). The van der Waals surface area contributed by atoms with Gasteiger partial charge in [-0.05, 0) is 37.1 Å². The Bertz CT molecular complexity index is 686. The van der Waals surface area contributed by atoms with Gasteiger partial charge in [0, 0.05) is 0 Å². The first-order valence-electron chi connectivity index (χ1n) is 6.15. The lowest BCUT2D eigenvalue weighted by molar-refractivity contribution is 0.367. The zero-order chi connectivity index (χ0) is 15.4. The van der Waals surface area contributed by atoms with Crippen molar-refractivity contribution in [2.24, 2.45) is 5.84 Å². The summed E-state index contributed by atoms with van der Waals surface area (Å²) in [5.41, 5.74) is 4.66. The summed E-state index contributed by atoms with van der Waals surface area (Å²) in [6, 6.07) is 5.60. The van der Waals surface area contributed by atoms with Crippen molar-refractivity contribution < 1.29 is 9.47 Å². The predicted molar refractivity (Wildman–Crippen MR) is 77.1 cm³/mol. The lowest BCUT2D eigenvalue weighted by atomic mass is 10.1. The summed E-state index contributed by atoms with van der Waals surface area (Å²) >= 11 is 0. The van der Waals surface area contributed by atoms with Gasteiger partial charge in [0.15, 0.2) is 5.82 Å². The number of benzene rings is 1. The molecule has 0 unspecified atom stereocenters. The third-order valence-electron chi connectivity index (χ3n) is 2.90. The number of aryl methyl sites for hydroxylation is 2. The molecule has 2 rings (SSSR count). The molecular formula is C14H15N5O2. The van der Waals surface area contributed by atoms with Crippen LogP contribution in [0.25, 0.3) is 0 Å². The van der Waals surface area contributed by atoms with E-state index in [1.165, 1.54) is 13.4 Å². The highest BCUT2D eigenvalue weighted by molar-refractivity contribution is 5.56. The Morgan fingerprint density at radius 1 is 1.19 bits per heavy atom. The Labute approximate surface area is 122 Å². The number of anilines is 1. The first-order valence-corrected chi connectivity index (χ1v) is 6.15. The molecule has 1 heterocycles. The Morgan fingerprint density at radius 2 is 1.86 bits per heavy atom. The SMILES string of the molecule is COc1c(NN)ncnc1Oc1c(C)cc(C#N)cc1C. The smallest absolute Gasteiger partial charge is 0.268 e. The average molecular weight is 285 g/mol. The Hall–Kier alpha value is -2.85. The van der Waals surface area contributed by atoms with E-state index < -0.39 is 0 Å². The first kappa shape index (κ1) is 14.6. The minimum atomic E-state index is 0.247. The van der Waals surface area contributed by atoms with Crippen LogP contribution in [0.2, 0.25) is 0 Å². The van der Waals surface area contributed by atoms with Crippen LogP contribution in [-0.4, -0.2) is 17.1 Å². The summed E-state index contributed by atoms with van der Waals surface area (Å²) < 4.78 is 11.0. The number of methoxy groups -OCH3 is 1. The summed E-state index contributed by atoms with van der Waals surface area (Å²) in [5.74, 6) is 6.87. The molecule has 108 valence electrons. The summed E-state index contributed by atoms with van der Waals surface area (Å²) in [6.45, 7) is 3.72. The minimum Gasteiger partial charge on any atom is -0.489 e. The summed E-state index contributed by atoms with van der Waals surface area (Å²) in [6.07, 6.45) is 1.32. The van der Waals surface area contributed by atoms with Crippen LogP contribution in [0.5, 0.6) is 17.4 Å². The van der Waals surface area contributed by atoms with Gasteiger partial charge in [-0.15, -0.1) is 0 Å². The molecule has 0 atom stereocenters.